The summed E-state index contributed by atoms with van der Waals surface area (Å²) in [5.74, 6) is 0.846. The second-order valence-electron chi connectivity index (χ2n) is 5.27. The highest BCUT2D eigenvalue weighted by Gasteiger charge is 2.42. The van der Waals surface area contributed by atoms with Crippen molar-refractivity contribution in [3.8, 4) is 0 Å². The van der Waals surface area contributed by atoms with Crippen molar-refractivity contribution in [2.24, 2.45) is 5.92 Å². The summed E-state index contributed by atoms with van der Waals surface area (Å²) in [6, 6.07) is 0. The number of hydrogen-bond donors (Lipinski definition) is 0. The van der Waals surface area contributed by atoms with E-state index in [2.05, 4.69) is 47.3 Å². The van der Waals surface area contributed by atoms with Gasteiger partial charge in [0.2, 0.25) is 0 Å². The van der Waals surface area contributed by atoms with Gasteiger partial charge in [-0.3, -0.25) is 0 Å². The van der Waals surface area contributed by atoms with Gasteiger partial charge in [-0.25, -0.2) is 0 Å². The van der Waals surface area contributed by atoms with E-state index in [4.69, 9.17) is 0 Å². The Morgan fingerprint density at radius 3 is 1.33 bits per heavy atom. The second-order valence-corrected chi connectivity index (χ2v) is 10.8. The Morgan fingerprint density at radius 1 is 1.00 bits per heavy atom. The topological polar surface area (TPSA) is 0 Å². The maximum atomic E-state index is 2.51. The van der Waals surface area contributed by atoms with E-state index >= 15 is 0 Å². The third kappa shape index (κ3) is 1.93. The highest BCUT2D eigenvalue weighted by Crippen LogP contribution is 2.50. The molecule has 0 radical (unpaired) electrons. The summed E-state index contributed by atoms with van der Waals surface area (Å²) in [5, 5.41) is 0.660. The smallest absolute Gasteiger partial charge is 0.0508 e. The minimum atomic E-state index is -1.00. The van der Waals surface area contributed by atoms with Crippen LogP contribution in [0.2, 0.25) is 24.7 Å². The van der Waals surface area contributed by atoms with Crippen LogP contribution in [-0.2, 0) is 0 Å². The molecule has 0 aromatic carbocycles. The van der Waals surface area contributed by atoms with E-state index < -0.39 is 8.07 Å². The standard InChI is InChI=1S/C11H26Si/c1-8-11(9-2,10(3)4)12(5,6)7/h10H,8-9H2,1-7H3. The molecule has 12 heavy (non-hydrogen) atoms. The lowest BCUT2D eigenvalue weighted by molar-refractivity contribution is 0.368. The Bertz CT molecular complexity index is 126. The van der Waals surface area contributed by atoms with Crippen molar-refractivity contribution >= 4 is 8.07 Å². The summed E-state index contributed by atoms with van der Waals surface area (Å²) in [5.41, 5.74) is 0. The number of rotatable bonds is 4. The summed E-state index contributed by atoms with van der Waals surface area (Å²) in [7, 11) is -1.00. The predicted octanol–water partition coefficient (Wildman–Crippen LogP) is 4.54. The van der Waals surface area contributed by atoms with Crippen LogP contribution < -0.4 is 0 Å². The first kappa shape index (κ1) is 12.2. The van der Waals surface area contributed by atoms with Crippen molar-refractivity contribution in [2.45, 2.75) is 65.2 Å². The van der Waals surface area contributed by atoms with E-state index in [9.17, 15) is 0 Å². The zero-order valence-electron chi connectivity index (χ0n) is 9.99. The fourth-order valence-corrected chi connectivity index (χ4v) is 6.85. The molecule has 0 spiro atoms. The Balaban J connectivity index is 4.83. The van der Waals surface area contributed by atoms with Gasteiger partial charge in [-0.05, 0) is 11.0 Å². The molecule has 0 bridgehead atoms. The van der Waals surface area contributed by atoms with Gasteiger partial charge in [-0.1, -0.05) is 60.2 Å². The summed E-state index contributed by atoms with van der Waals surface area (Å²) in [4.78, 5) is 0. The van der Waals surface area contributed by atoms with Crippen molar-refractivity contribution in [3.63, 3.8) is 0 Å². The van der Waals surface area contributed by atoms with E-state index in [1.54, 1.807) is 0 Å². The van der Waals surface area contributed by atoms with Crippen LogP contribution in [0.15, 0.2) is 0 Å². The molecule has 0 rings (SSSR count). The fourth-order valence-electron chi connectivity index (χ4n) is 2.99. The Morgan fingerprint density at radius 2 is 1.33 bits per heavy atom. The molecule has 74 valence electrons. The molecule has 0 amide bonds. The zero-order valence-corrected chi connectivity index (χ0v) is 11.0. The molecule has 0 saturated carbocycles. The van der Waals surface area contributed by atoms with Crippen molar-refractivity contribution in [1.82, 2.24) is 0 Å². The number of hydrogen-bond acceptors (Lipinski definition) is 0. The van der Waals surface area contributed by atoms with Gasteiger partial charge >= 0.3 is 0 Å². The van der Waals surface area contributed by atoms with Crippen molar-refractivity contribution in [3.05, 3.63) is 0 Å². The third-order valence-electron chi connectivity index (χ3n) is 3.86. The molecular weight excluding hydrogens is 160 g/mol. The normalized spacial score (nSPS) is 14.0. The van der Waals surface area contributed by atoms with E-state index in [-0.39, 0.29) is 0 Å². The van der Waals surface area contributed by atoms with Crippen LogP contribution >= 0.6 is 0 Å². The van der Waals surface area contributed by atoms with Crippen molar-refractivity contribution < 1.29 is 0 Å². The lowest BCUT2D eigenvalue weighted by Gasteiger charge is -2.46. The van der Waals surface area contributed by atoms with Gasteiger partial charge < -0.3 is 0 Å². The molecule has 0 aliphatic heterocycles. The molecule has 0 aliphatic carbocycles. The minimum Gasteiger partial charge on any atom is -0.0691 e. The van der Waals surface area contributed by atoms with Gasteiger partial charge in [0.15, 0.2) is 0 Å². The Hall–Kier alpha value is 0.217. The summed E-state index contributed by atoms with van der Waals surface area (Å²) in [6.45, 7) is 17.1. The van der Waals surface area contributed by atoms with Gasteiger partial charge in [-0.2, -0.15) is 0 Å². The molecule has 0 saturated heterocycles. The molecule has 1 heteroatoms. The van der Waals surface area contributed by atoms with Crippen LogP contribution in [0, 0.1) is 5.92 Å². The summed E-state index contributed by atoms with van der Waals surface area (Å²) < 4.78 is 0. The maximum absolute atomic E-state index is 2.51. The predicted molar refractivity (Wildman–Crippen MR) is 61.5 cm³/mol. The minimum absolute atomic E-state index is 0.660. The average Bonchev–Trinajstić information content (AvgIpc) is 1.87. The lowest BCUT2D eigenvalue weighted by atomic mass is 9.89. The molecule has 0 unspecified atom stereocenters. The zero-order chi connectivity index (χ0) is 9.99. The maximum Gasteiger partial charge on any atom is 0.0508 e. The van der Waals surface area contributed by atoms with Crippen molar-refractivity contribution in [2.75, 3.05) is 0 Å². The van der Waals surface area contributed by atoms with Crippen molar-refractivity contribution in [1.29, 1.82) is 0 Å². The third-order valence-corrected chi connectivity index (χ3v) is 8.13. The molecule has 0 N–H and O–H groups in total. The molecule has 0 aromatic rings. The Labute approximate surface area is 79.8 Å². The van der Waals surface area contributed by atoms with Crippen LogP contribution in [0.3, 0.4) is 0 Å². The first-order valence-electron chi connectivity index (χ1n) is 5.31. The van der Waals surface area contributed by atoms with Crippen LogP contribution in [0.25, 0.3) is 0 Å². The van der Waals surface area contributed by atoms with Crippen LogP contribution in [0.4, 0.5) is 0 Å². The van der Waals surface area contributed by atoms with Gasteiger partial charge in [0.05, 0.1) is 8.07 Å². The second kappa shape index (κ2) is 3.95. The van der Waals surface area contributed by atoms with Gasteiger partial charge in [-0.15, -0.1) is 0 Å². The first-order chi connectivity index (χ1) is 5.31. The van der Waals surface area contributed by atoms with Gasteiger partial charge in [0, 0.05) is 0 Å². The highest BCUT2D eigenvalue weighted by atomic mass is 28.3. The van der Waals surface area contributed by atoms with E-state index in [1.165, 1.54) is 12.8 Å². The fraction of sp³-hybridized carbons (Fsp3) is 1.00. The summed E-state index contributed by atoms with van der Waals surface area (Å²) >= 11 is 0. The van der Waals surface area contributed by atoms with Crippen LogP contribution in [0.5, 0.6) is 0 Å². The molecule has 0 atom stereocenters. The average molecular weight is 186 g/mol. The summed E-state index contributed by atoms with van der Waals surface area (Å²) in [6.07, 6.45) is 2.72. The first-order valence-corrected chi connectivity index (χ1v) is 8.81. The van der Waals surface area contributed by atoms with Gasteiger partial charge in [0.1, 0.15) is 0 Å². The molecule has 0 fully saturated rings. The lowest BCUT2D eigenvalue weighted by Crippen LogP contribution is -2.42. The monoisotopic (exact) mass is 186 g/mol. The van der Waals surface area contributed by atoms with E-state index in [1.807, 2.05) is 0 Å². The molecule has 0 aliphatic rings. The molecular formula is C11H26Si. The highest BCUT2D eigenvalue weighted by molar-refractivity contribution is 6.79. The quantitative estimate of drug-likeness (QED) is 0.565. The van der Waals surface area contributed by atoms with Crippen LogP contribution in [0.1, 0.15) is 40.5 Å². The van der Waals surface area contributed by atoms with E-state index in [0.29, 0.717) is 5.04 Å². The van der Waals surface area contributed by atoms with E-state index in [0.717, 1.165) is 5.92 Å². The SMILES string of the molecule is CCC(CC)(C(C)C)[Si](C)(C)C. The Kier molecular flexibility index (Phi) is 4.02. The molecule has 0 aromatic heterocycles. The molecule has 0 heterocycles. The van der Waals surface area contributed by atoms with Gasteiger partial charge in [0.25, 0.3) is 0 Å². The van der Waals surface area contributed by atoms with Crippen LogP contribution in [-0.4, -0.2) is 8.07 Å². The molecule has 0 nitrogen and oxygen atoms in total. The largest absolute Gasteiger partial charge is 0.0691 e.